The number of carbonyl (C=O) groups is 1. The summed E-state index contributed by atoms with van der Waals surface area (Å²) in [5.41, 5.74) is 4.99. The number of hydrogen-bond donors (Lipinski definition) is 0. The van der Waals surface area contributed by atoms with Crippen LogP contribution in [0.15, 0.2) is 72.9 Å². The van der Waals surface area contributed by atoms with E-state index in [-0.39, 0.29) is 12.5 Å². The van der Waals surface area contributed by atoms with E-state index in [0.29, 0.717) is 5.82 Å². The lowest BCUT2D eigenvalue weighted by molar-refractivity contribution is -0.577. The third kappa shape index (κ3) is 2.20. The van der Waals surface area contributed by atoms with Gasteiger partial charge in [0.15, 0.2) is 17.6 Å². The van der Waals surface area contributed by atoms with Crippen molar-refractivity contribution in [1.82, 2.24) is 0 Å². The quantitative estimate of drug-likeness (QED) is 0.526. The van der Waals surface area contributed by atoms with E-state index in [1.54, 1.807) is 0 Å². The van der Waals surface area contributed by atoms with Gasteiger partial charge in [0, 0.05) is 23.8 Å². The van der Waals surface area contributed by atoms with Gasteiger partial charge in [0.2, 0.25) is 5.69 Å². The number of carbonyl (C=O) groups excluding carboxylic acids is 1. The highest BCUT2D eigenvalue weighted by Gasteiger charge is 2.42. The fraction of sp³-hybridized carbons (Fsp3) is 0.143. The standard InChI is InChI=1S/C21H19BNO/c1-15(2)22-19-13-7-6-11-17(19)20(24)18-12-8-14-23(21(18)22)16-9-4-3-5-10-16/h3-15H,1-2H3/q+1. The van der Waals surface area contributed by atoms with Gasteiger partial charge < -0.3 is 0 Å². The zero-order valence-electron chi connectivity index (χ0n) is 13.9. The van der Waals surface area contributed by atoms with Crippen molar-refractivity contribution in [2.75, 3.05) is 0 Å². The Morgan fingerprint density at radius 3 is 2.25 bits per heavy atom. The molecule has 0 bridgehead atoms. The van der Waals surface area contributed by atoms with Crippen LogP contribution in [0.4, 0.5) is 0 Å². The molecule has 2 aromatic carbocycles. The summed E-state index contributed by atoms with van der Waals surface area (Å²) in [6.07, 6.45) is 2.06. The molecule has 0 spiro atoms. The highest BCUT2D eigenvalue weighted by atomic mass is 16.1. The summed E-state index contributed by atoms with van der Waals surface area (Å²) in [6.45, 7) is 4.66. The first-order valence-corrected chi connectivity index (χ1v) is 8.42. The molecule has 0 aliphatic carbocycles. The lowest BCUT2D eigenvalue weighted by Gasteiger charge is -2.25. The first-order chi connectivity index (χ1) is 11.7. The predicted octanol–water partition coefficient (Wildman–Crippen LogP) is 2.53. The van der Waals surface area contributed by atoms with Crippen molar-refractivity contribution in [1.29, 1.82) is 0 Å². The molecule has 0 saturated heterocycles. The number of aromatic nitrogens is 1. The fourth-order valence-corrected chi connectivity index (χ4v) is 3.79. The maximum Gasteiger partial charge on any atom is 0.298 e. The lowest BCUT2D eigenvalue weighted by atomic mass is 9.32. The number of nitrogens with zero attached hydrogens (tertiary/aromatic N) is 1. The van der Waals surface area contributed by atoms with Crippen molar-refractivity contribution in [2.24, 2.45) is 0 Å². The van der Waals surface area contributed by atoms with Crippen molar-refractivity contribution in [3.05, 3.63) is 84.1 Å². The summed E-state index contributed by atoms with van der Waals surface area (Å²) in [4.78, 5) is 13.0. The van der Waals surface area contributed by atoms with Crippen LogP contribution in [0.5, 0.6) is 0 Å². The van der Waals surface area contributed by atoms with Gasteiger partial charge in [0.1, 0.15) is 0 Å². The minimum atomic E-state index is 0.128. The van der Waals surface area contributed by atoms with E-state index >= 15 is 0 Å². The summed E-state index contributed by atoms with van der Waals surface area (Å²) in [7, 11) is 0. The smallest absolute Gasteiger partial charge is 0.288 e. The second-order valence-electron chi connectivity index (χ2n) is 6.65. The van der Waals surface area contributed by atoms with E-state index in [1.807, 2.05) is 48.5 Å². The Balaban J connectivity index is 2.04. The fourth-order valence-electron chi connectivity index (χ4n) is 3.79. The number of hydrogen-bond acceptors (Lipinski definition) is 1. The van der Waals surface area contributed by atoms with E-state index in [1.165, 1.54) is 0 Å². The van der Waals surface area contributed by atoms with E-state index in [4.69, 9.17) is 0 Å². The molecule has 4 rings (SSSR count). The first kappa shape index (κ1) is 14.9. The van der Waals surface area contributed by atoms with Crippen LogP contribution in [0, 0.1) is 0 Å². The molecule has 24 heavy (non-hydrogen) atoms. The number of pyridine rings is 1. The first-order valence-electron chi connectivity index (χ1n) is 8.42. The highest BCUT2D eigenvalue weighted by Crippen LogP contribution is 2.19. The second-order valence-corrected chi connectivity index (χ2v) is 6.65. The minimum Gasteiger partial charge on any atom is -0.288 e. The Labute approximate surface area is 142 Å². The van der Waals surface area contributed by atoms with Gasteiger partial charge in [0.05, 0.1) is 5.56 Å². The number of ketones is 1. The zero-order valence-corrected chi connectivity index (χ0v) is 13.9. The molecule has 0 amide bonds. The van der Waals surface area contributed by atoms with Gasteiger partial charge in [-0.15, -0.1) is 0 Å². The summed E-state index contributed by atoms with van der Waals surface area (Å²) in [5, 5.41) is 0. The molecular formula is C21H19BNO+. The van der Waals surface area contributed by atoms with E-state index in [0.717, 1.165) is 27.9 Å². The Bertz CT molecular complexity index is 918. The van der Waals surface area contributed by atoms with Crippen molar-refractivity contribution < 1.29 is 9.36 Å². The Morgan fingerprint density at radius 1 is 0.833 bits per heavy atom. The maximum atomic E-state index is 13.0. The third-order valence-corrected chi connectivity index (χ3v) is 4.81. The number of fused-ring (bicyclic) bond motifs is 2. The molecule has 2 nitrogen and oxygen atoms in total. The van der Waals surface area contributed by atoms with Gasteiger partial charge in [-0.05, 0) is 6.07 Å². The molecule has 1 aliphatic heterocycles. The van der Waals surface area contributed by atoms with Gasteiger partial charge >= 0.3 is 0 Å². The van der Waals surface area contributed by atoms with Crippen molar-refractivity contribution in [2.45, 2.75) is 19.7 Å². The summed E-state index contributed by atoms with van der Waals surface area (Å²) in [6, 6.07) is 22.2. The van der Waals surface area contributed by atoms with Crippen molar-refractivity contribution >= 4 is 23.6 Å². The van der Waals surface area contributed by atoms with Crippen LogP contribution in [-0.4, -0.2) is 12.5 Å². The molecule has 0 unspecified atom stereocenters. The van der Waals surface area contributed by atoms with Crippen LogP contribution in [0.1, 0.15) is 29.8 Å². The molecule has 3 heteroatoms. The zero-order chi connectivity index (χ0) is 16.7. The molecule has 116 valence electrons. The predicted molar refractivity (Wildman–Crippen MR) is 98.0 cm³/mol. The number of para-hydroxylation sites is 1. The Morgan fingerprint density at radius 2 is 1.50 bits per heavy atom. The minimum absolute atomic E-state index is 0.128. The average molecular weight is 312 g/mol. The van der Waals surface area contributed by atoms with E-state index < -0.39 is 0 Å². The van der Waals surface area contributed by atoms with E-state index in [9.17, 15) is 4.79 Å². The van der Waals surface area contributed by atoms with Gasteiger partial charge in [-0.2, -0.15) is 4.57 Å². The van der Waals surface area contributed by atoms with Gasteiger partial charge in [0.25, 0.3) is 6.71 Å². The molecule has 0 atom stereocenters. The van der Waals surface area contributed by atoms with Crippen LogP contribution in [0.2, 0.25) is 5.82 Å². The molecule has 3 aromatic rings. The van der Waals surface area contributed by atoms with Crippen LogP contribution >= 0.6 is 0 Å². The number of rotatable bonds is 2. The van der Waals surface area contributed by atoms with Crippen LogP contribution in [0.25, 0.3) is 5.69 Å². The highest BCUT2D eigenvalue weighted by molar-refractivity contribution is 6.88. The molecule has 0 radical (unpaired) electrons. The van der Waals surface area contributed by atoms with E-state index in [2.05, 4.69) is 42.8 Å². The van der Waals surface area contributed by atoms with Gasteiger partial charge in [-0.3, -0.25) is 4.79 Å². The number of benzene rings is 2. The Kier molecular flexibility index (Phi) is 3.57. The normalized spacial score (nSPS) is 13.0. The largest absolute Gasteiger partial charge is 0.298 e. The summed E-state index contributed by atoms with van der Waals surface area (Å²) in [5.74, 6) is 0.526. The third-order valence-electron chi connectivity index (χ3n) is 4.81. The average Bonchev–Trinajstić information content (AvgIpc) is 2.62. The molecule has 0 N–H and O–H groups in total. The lowest BCUT2D eigenvalue weighted by Crippen LogP contribution is -2.65. The second kappa shape index (κ2) is 5.75. The van der Waals surface area contributed by atoms with Crippen LogP contribution < -0.4 is 15.6 Å². The topological polar surface area (TPSA) is 20.9 Å². The van der Waals surface area contributed by atoms with Crippen molar-refractivity contribution in [3.8, 4) is 5.69 Å². The van der Waals surface area contributed by atoms with Crippen LogP contribution in [-0.2, 0) is 0 Å². The molecular weight excluding hydrogens is 293 g/mol. The molecule has 0 fully saturated rings. The van der Waals surface area contributed by atoms with Gasteiger partial charge in [-0.1, -0.05) is 67.6 Å². The summed E-state index contributed by atoms with van der Waals surface area (Å²) >= 11 is 0. The summed E-state index contributed by atoms with van der Waals surface area (Å²) < 4.78 is 2.17. The molecule has 2 heterocycles. The monoisotopic (exact) mass is 312 g/mol. The van der Waals surface area contributed by atoms with Gasteiger partial charge in [-0.25, -0.2) is 0 Å². The molecule has 0 saturated carbocycles. The molecule has 1 aromatic heterocycles. The van der Waals surface area contributed by atoms with Crippen molar-refractivity contribution in [3.63, 3.8) is 0 Å². The SMILES string of the molecule is CC(C)B1c2ccccc2C(=O)c2ccc[n+](-c3ccccc3)c21. The maximum absolute atomic E-state index is 13.0. The molecule has 1 aliphatic rings. The van der Waals surface area contributed by atoms with Crippen LogP contribution in [0.3, 0.4) is 0 Å². The Hall–Kier alpha value is -2.68.